The Balaban J connectivity index is 2.02. The second-order valence-electron chi connectivity index (χ2n) is 5.72. The van der Waals surface area contributed by atoms with Gasteiger partial charge in [-0.15, -0.1) is 0 Å². The summed E-state index contributed by atoms with van der Waals surface area (Å²) >= 11 is 6.08. The van der Waals surface area contributed by atoms with Crippen molar-refractivity contribution >= 4 is 17.5 Å². The Labute approximate surface area is 142 Å². The molecule has 1 saturated heterocycles. The molecule has 1 N–H and O–H groups in total. The average Bonchev–Trinajstić information content (AvgIpc) is 2.59. The first-order valence-corrected chi connectivity index (χ1v) is 8.42. The molecule has 5 heteroatoms. The van der Waals surface area contributed by atoms with E-state index >= 15 is 0 Å². The number of carbonyl (C=O) groups excluding carboxylic acids is 1. The third-order valence-electron chi connectivity index (χ3n) is 4.20. The standard InChI is InChI=1S/C18H22ClN3O/c1-2-16-8-5-6-10-22(16)13-15(11-20)18(23)21-12-14-7-3-4-9-17(14)19/h3-4,7,9,13,16H,2,5-6,8,10,12H2,1H3,(H,21,23)/b15-13-. The summed E-state index contributed by atoms with van der Waals surface area (Å²) in [5.41, 5.74) is 0.988. The number of nitrogens with one attached hydrogen (secondary N) is 1. The quantitative estimate of drug-likeness (QED) is 0.662. The van der Waals surface area contributed by atoms with Gasteiger partial charge in [0.25, 0.3) is 5.91 Å². The van der Waals surface area contributed by atoms with Crippen molar-refractivity contribution in [3.05, 3.63) is 46.6 Å². The number of likely N-dealkylation sites (tertiary alicyclic amines) is 1. The highest BCUT2D eigenvalue weighted by Crippen LogP contribution is 2.20. The van der Waals surface area contributed by atoms with E-state index in [1.807, 2.05) is 24.3 Å². The highest BCUT2D eigenvalue weighted by molar-refractivity contribution is 6.31. The van der Waals surface area contributed by atoms with Gasteiger partial charge in [0.2, 0.25) is 0 Å². The number of rotatable bonds is 5. The minimum Gasteiger partial charge on any atom is -0.373 e. The molecule has 0 radical (unpaired) electrons. The van der Waals surface area contributed by atoms with E-state index in [-0.39, 0.29) is 11.5 Å². The largest absolute Gasteiger partial charge is 0.373 e. The van der Waals surface area contributed by atoms with Gasteiger partial charge in [-0.3, -0.25) is 4.79 Å². The summed E-state index contributed by atoms with van der Waals surface area (Å²) in [5.74, 6) is -0.354. The van der Waals surface area contributed by atoms with E-state index < -0.39 is 0 Å². The Kier molecular flexibility index (Phi) is 6.49. The van der Waals surface area contributed by atoms with E-state index in [2.05, 4.69) is 17.1 Å². The van der Waals surface area contributed by atoms with Gasteiger partial charge in [0, 0.05) is 30.4 Å². The van der Waals surface area contributed by atoms with Crippen molar-refractivity contribution < 1.29 is 4.79 Å². The number of hydrogen-bond acceptors (Lipinski definition) is 3. The molecule has 122 valence electrons. The smallest absolute Gasteiger partial charge is 0.263 e. The maximum absolute atomic E-state index is 12.3. The number of halogens is 1. The van der Waals surface area contributed by atoms with Crippen LogP contribution < -0.4 is 5.32 Å². The average molecular weight is 332 g/mol. The van der Waals surface area contributed by atoms with Gasteiger partial charge in [-0.05, 0) is 37.3 Å². The summed E-state index contributed by atoms with van der Waals surface area (Å²) in [4.78, 5) is 14.4. The molecule has 1 fully saturated rings. The van der Waals surface area contributed by atoms with Crippen molar-refractivity contribution in [2.45, 2.75) is 45.2 Å². The van der Waals surface area contributed by atoms with E-state index in [9.17, 15) is 10.1 Å². The second-order valence-corrected chi connectivity index (χ2v) is 6.13. The van der Waals surface area contributed by atoms with Crippen LogP contribution in [0.5, 0.6) is 0 Å². The summed E-state index contributed by atoms with van der Waals surface area (Å²) in [5, 5.41) is 12.7. The molecular formula is C18H22ClN3O. The lowest BCUT2D eigenvalue weighted by atomic mass is 10.0. The molecule has 1 atom stereocenters. The number of carbonyl (C=O) groups is 1. The van der Waals surface area contributed by atoms with Gasteiger partial charge in [-0.25, -0.2) is 0 Å². The predicted molar refractivity (Wildman–Crippen MR) is 91.6 cm³/mol. The zero-order valence-corrected chi connectivity index (χ0v) is 14.1. The molecule has 1 aliphatic rings. The zero-order chi connectivity index (χ0) is 16.7. The molecule has 1 aliphatic heterocycles. The van der Waals surface area contributed by atoms with Gasteiger partial charge in [0.1, 0.15) is 11.6 Å². The Morgan fingerprint density at radius 2 is 2.26 bits per heavy atom. The number of benzene rings is 1. The molecule has 1 unspecified atom stereocenters. The molecule has 0 bridgehead atoms. The Morgan fingerprint density at radius 3 is 2.96 bits per heavy atom. The highest BCUT2D eigenvalue weighted by Gasteiger charge is 2.20. The van der Waals surface area contributed by atoms with Crippen LogP contribution in [0.2, 0.25) is 5.02 Å². The van der Waals surface area contributed by atoms with Gasteiger partial charge in [0.15, 0.2) is 0 Å². The van der Waals surface area contributed by atoms with Gasteiger partial charge in [0.05, 0.1) is 0 Å². The third-order valence-corrected chi connectivity index (χ3v) is 4.57. The van der Waals surface area contributed by atoms with Crippen molar-refractivity contribution in [3.8, 4) is 6.07 Å². The topological polar surface area (TPSA) is 56.1 Å². The van der Waals surface area contributed by atoms with E-state index in [1.165, 1.54) is 6.42 Å². The Bertz CT molecular complexity index is 621. The van der Waals surface area contributed by atoms with Crippen molar-refractivity contribution in [2.75, 3.05) is 6.54 Å². The van der Waals surface area contributed by atoms with E-state index in [0.717, 1.165) is 31.4 Å². The normalized spacial score (nSPS) is 18.4. The van der Waals surface area contributed by atoms with E-state index in [1.54, 1.807) is 12.3 Å². The fourth-order valence-corrected chi connectivity index (χ4v) is 3.05. The lowest BCUT2D eigenvalue weighted by molar-refractivity contribution is -0.117. The van der Waals surface area contributed by atoms with Crippen LogP contribution in [-0.4, -0.2) is 23.4 Å². The second kappa shape index (κ2) is 8.59. The summed E-state index contributed by atoms with van der Waals surface area (Å²) < 4.78 is 0. The van der Waals surface area contributed by atoms with Crippen LogP contribution in [0, 0.1) is 11.3 Å². The maximum Gasteiger partial charge on any atom is 0.263 e. The maximum atomic E-state index is 12.3. The number of nitriles is 1. The lowest BCUT2D eigenvalue weighted by Crippen LogP contribution is -2.36. The summed E-state index contributed by atoms with van der Waals surface area (Å²) in [7, 11) is 0. The molecule has 0 aromatic heterocycles. The fourth-order valence-electron chi connectivity index (χ4n) is 2.85. The van der Waals surface area contributed by atoms with Crippen LogP contribution in [-0.2, 0) is 11.3 Å². The van der Waals surface area contributed by atoms with Gasteiger partial charge in [-0.2, -0.15) is 5.26 Å². The molecule has 2 rings (SSSR count). The molecule has 1 aromatic rings. The third kappa shape index (κ3) is 4.74. The number of amides is 1. The summed E-state index contributed by atoms with van der Waals surface area (Å²) in [6.45, 7) is 3.36. The molecule has 0 spiro atoms. The molecular weight excluding hydrogens is 310 g/mol. The van der Waals surface area contributed by atoms with E-state index in [0.29, 0.717) is 17.6 Å². The lowest BCUT2D eigenvalue weighted by Gasteiger charge is -2.34. The zero-order valence-electron chi connectivity index (χ0n) is 13.4. The van der Waals surface area contributed by atoms with Crippen molar-refractivity contribution in [2.24, 2.45) is 0 Å². The van der Waals surface area contributed by atoms with Crippen molar-refractivity contribution in [1.29, 1.82) is 5.26 Å². The first-order chi connectivity index (χ1) is 11.2. The predicted octanol–water partition coefficient (Wildman–Crippen LogP) is 3.63. The van der Waals surface area contributed by atoms with Crippen LogP contribution >= 0.6 is 11.6 Å². The fraction of sp³-hybridized carbons (Fsp3) is 0.444. The van der Waals surface area contributed by atoms with Crippen LogP contribution in [0.3, 0.4) is 0 Å². The Hall–Kier alpha value is -1.99. The number of nitrogens with zero attached hydrogens (tertiary/aromatic N) is 2. The van der Waals surface area contributed by atoms with Gasteiger partial charge < -0.3 is 10.2 Å². The Morgan fingerprint density at radius 1 is 1.48 bits per heavy atom. The van der Waals surface area contributed by atoms with Crippen molar-refractivity contribution in [3.63, 3.8) is 0 Å². The first-order valence-electron chi connectivity index (χ1n) is 8.05. The van der Waals surface area contributed by atoms with Crippen LogP contribution in [0.1, 0.15) is 38.2 Å². The number of hydrogen-bond donors (Lipinski definition) is 1. The highest BCUT2D eigenvalue weighted by atomic mass is 35.5. The molecule has 1 aromatic carbocycles. The number of piperidine rings is 1. The summed E-state index contributed by atoms with van der Waals surface area (Å²) in [6, 6.07) is 9.79. The molecule has 1 heterocycles. The first kappa shape index (κ1) is 17.4. The molecule has 0 aliphatic carbocycles. The minimum absolute atomic E-state index is 0.150. The van der Waals surface area contributed by atoms with Crippen molar-refractivity contribution in [1.82, 2.24) is 10.2 Å². The minimum atomic E-state index is -0.354. The van der Waals surface area contributed by atoms with Crippen LogP contribution in [0.4, 0.5) is 0 Å². The van der Waals surface area contributed by atoms with Crippen LogP contribution in [0.25, 0.3) is 0 Å². The van der Waals surface area contributed by atoms with Gasteiger partial charge in [-0.1, -0.05) is 36.7 Å². The molecule has 1 amide bonds. The van der Waals surface area contributed by atoms with Crippen LogP contribution in [0.15, 0.2) is 36.0 Å². The molecule has 23 heavy (non-hydrogen) atoms. The molecule has 0 saturated carbocycles. The molecule has 4 nitrogen and oxygen atoms in total. The monoisotopic (exact) mass is 331 g/mol. The SMILES string of the molecule is CCC1CCCCN1/C=C(/C#N)C(=O)NCc1ccccc1Cl. The summed E-state index contributed by atoms with van der Waals surface area (Å²) in [6.07, 6.45) is 6.18. The van der Waals surface area contributed by atoms with Gasteiger partial charge >= 0.3 is 0 Å². The van der Waals surface area contributed by atoms with E-state index in [4.69, 9.17) is 11.6 Å².